The van der Waals surface area contributed by atoms with Crippen LogP contribution in [0.4, 0.5) is 0 Å². The van der Waals surface area contributed by atoms with Gasteiger partial charge in [-0.1, -0.05) is 13.8 Å². The van der Waals surface area contributed by atoms with Crippen LogP contribution in [0.1, 0.15) is 29.9 Å². The van der Waals surface area contributed by atoms with Crippen molar-refractivity contribution in [2.24, 2.45) is 5.92 Å². The lowest BCUT2D eigenvalue weighted by Crippen LogP contribution is -2.12. The van der Waals surface area contributed by atoms with Crippen molar-refractivity contribution in [1.29, 1.82) is 0 Å². The van der Waals surface area contributed by atoms with Gasteiger partial charge in [0.2, 0.25) is 0 Å². The van der Waals surface area contributed by atoms with Gasteiger partial charge in [0, 0.05) is 12.7 Å². The highest BCUT2D eigenvalue weighted by molar-refractivity contribution is 5.87. The normalized spacial score (nSPS) is 10.8. The maximum absolute atomic E-state index is 10.9. The van der Waals surface area contributed by atoms with Gasteiger partial charge in [-0.3, -0.25) is 0 Å². The first-order valence-electron chi connectivity index (χ1n) is 4.41. The number of rotatable bonds is 3. The van der Waals surface area contributed by atoms with Crippen LogP contribution in [0.3, 0.4) is 0 Å². The van der Waals surface area contributed by atoms with E-state index in [4.69, 9.17) is 5.11 Å². The fourth-order valence-electron chi connectivity index (χ4n) is 1.42. The Balaban J connectivity index is 3.00. The SMILES string of the molecule is Cc1ccn(CC(C)C)c1C(=O)O. The van der Waals surface area contributed by atoms with Gasteiger partial charge < -0.3 is 9.67 Å². The zero-order chi connectivity index (χ0) is 10.0. The molecule has 0 atom stereocenters. The first-order chi connectivity index (χ1) is 6.02. The molecule has 0 amide bonds. The molecule has 72 valence electrons. The summed E-state index contributed by atoms with van der Waals surface area (Å²) in [5, 5.41) is 8.93. The molecular weight excluding hydrogens is 166 g/mol. The van der Waals surface area contributed by atoms with E-state index >= 15 is 0 Å². The van der Waals surface area contributed by atoms with E-state index in [1.54, 1.807) is 4.57 Å². The average Bonchev–Trinajstić information content (AvgIpc) is 2.30. The number of hydrogen-bond donors (Lipinski definition) is 1. The maximum Gasteiger partial charge on any atom is 0.352 e. The molecule has 3 nitrogen and oxygen atoms in total. The number of carboxylic acid groups (broad SMARTS) is 1. The number of aromatic nitrogens is 1. The van der Waals surface area contributed by atoms with E-state index in [0.29, 0.717) is 11.6 Å². The topological polar surface area (TPSA) is 42.2 Å². The highest BCUT2D eigenvalue weighted by Gasteiger charge is 2.13. The van der Waals surface area contributed by atoms with Crippen molar-refractivity contribution in [3.05, 3.63) is 23.5 Å². The summed E-state index contributed by atoms with van der Waals surface area (Å²) in [5.74, 6) is -0.381. The van der Waals surface area contributed by atoms with Crippen LogP contribution >= 0.6 is 0 Å². The fraction of sp³-hybridized carbons (Fsp3) is 0.500. The molecule has 1 aromatic rings. The second-order valence-electron chi connectivity index (χ2n) is 3.70. The summed E-state index contributed by atoms with van der Waals surface area (Å²) in [6.45, 7) is 6.72. The van der Waals surface area contributed by atoms with Crippen molar-refractivity contribution in [3.63, 3.8) is 0 Å². The van der Waals surface area contributed by atoms with Gasteiger partial charge in [0.1, 0.15) is 5.69 Å². The lowest BCUT2D eigenvalue weighted by atomic mass is 10.2. The van der Waals surface area contributed by atoms with Gasteiger partial charge in [0.25, 0.3) is 0 Å². The molecule has 0 aliphatic rings. The Morgan fingerprint density at radius 2 is 2.23 bits per heavy atom. The first kappa shape index (κ1) is 9.84. The summed E-state index contributed by atoms with van der Waals surface area (Å²) < 4.78 is 1.79. The number of hydrogen-bond acceptors (Lipinski definition) is 1. The molecule has 0 fully saturated rings. The summed E-state index contributed by atoms with van der Waals surface area (Å²) in [4.78, 5) is 10.9. The fourth-order valence-corrected chi connectivity index (χ4v) is 1.42. The van der Waals surface area contributed by atoms with Crippen LogP contribution in [0.25, 0.3) is 0 Å². The number of aryl methyl sites for hydroxylation is 1. The Bertz CT molecular complexity index is 313. The van der Waals surface area contributed by atoms with Crippen molar-refractivity contribution in [2.75, 3.05) is 0 Å². The zero-order valence-electron chi connectivity index (χ0n) is 8.24. The number of carbonyl (C=O) groups is 1. The van der Waals surface area contributed by atoms with Crippen molar-refractivity contribution in [1.82, 2.24) is 4.57 Å². The number of carboxylic acids is 1. The Hall–Kier alpha value is -1.25. The predicted octanol–water partition coefficient (Wildman–Crippen LogP) is 2.15. The average molecular weight is 181 g/mol. The summed E-state index contributed by atoms with van der Waals surface area (Å²) >= 11 is 0. The lowest BCUT2D eigenvalue weighted by Gasteiger charge is -2.09. The summed E-state index contributed by atoms with van der Waals surface area (Å²) in [5.41, 5.74) is 1.24. The monoisotopic (exact) mass is 181 g/mol. The molecule has 1 rings (SSSR count). The van der Waals surface area contributed by atoms with E-state index in [1.807, 2.05) is 19.2 Å². The molecule has 0 bridgehead atoms. The van der Waals surface area contributed by atoms with Gasteiger partial charge in [-0.2, -0.15) is 0 Å². The predicted molar refractivity (Wildman–Crippen MR) is 51.0 cm³/mol. The molecular formula is C10H15NO2. The Morgan fingerprint density at radius 3 is 2.69 bits per heavy atom. The lowest BCUT2D eigenvalue weighted by molar-refractivity contribution is 0.0683. The van der Waals surface area contributed by atoms with Crippen LogP contribution in [0.15, 0.2) is 12.3 Å². The van der Waals surface area contributed by atoms with E-state index in [0.717, 1.165) is 12.1 Å². The Morgan fingerprint density at radius 1 is 1.62 bits per heavy atom. The highest BCUT2D eigenvalue weighted by Crippen LogP contribution is 2.12. The van der Waals surface area contributed by atoms with Crippen LogP contribution in [0, 0.1) is 12.8 Å². The van der Waals surface area contributed by atoms with Crippen molar-refractivity contribution in [3.8, 4) is 0 Å². The van der Waals surface area contributed by atoms with Crippen molar-refractivity contribution < 1.29 is 9.90 Å². The maximum atomic E-state index is 10.9. The van der Waals surface area contributed by atoms with Crippen molar-refractivity contribution >= 4 is 5.97 Å². The molecule has 0 saturated heterocycles. The summed E-state index contributed by atoms with van der Waals surface area (Å²) in [6.07, 6.45) is 1.83. The minimum absolute atomic E-state index is 0.411. The molecule has 0 aliphatic heterocycles. The molecule has 0 unspecified atom stereocenters. The third-order valence-electron chi connectivity index (χ3n) is 1.93. The highest BCUT2D eigenvalue weighted by atomic mass is 16.4. The molecule has 1 N–H and O–H groups in total. The minimum Gasteiger partial charge on any atom is -0.477 e. The van der Waals surface area contributed by atoms with Crippen LogP contribution in [0.2, 0.25) is 0 Å². The van der Waals surface area contributed by atoms with Crippen LogP contribution in [-0.4, -0.2) is 15.6 Å². The van der Waals surface area contributed by atoms with Crippen LogP contribution in [0.5, 0.6) is 0 Å². The van der Waals surface area contributed by atoms with E-state index in [2.05, 4.69) is 13.8 Å². The van der Waals surface area contributed by atoms with Gasteiger partial charge in [-0.25, -0.2) is 4.79 Å². The molecule has 0 aromatic carbocycles. The second kappa shape index (κ2) is 3.64. The van der Waals surface area contributed by atoms with Gasteiger partial charge in [0.15, 0.2) is 0 Å². The smallest absolute Gasteiger partial charge is 0.352 e. The Kier molecular flexibility index (Phi) is 2.76. The molecule has 1 heterocycles. The Labute approximate surface area is 78.0 Å². The van der Waals surface area contributed by atoms with E-state index in [1.165, 1.54) is 0 Å². The van der Waals surface area contributed by atoms with E-state index in [9.17, 15) is 4.79 Å². The van der Waals surface area contributed by atoms with Crippen LogP contribution < -0.4 is 0 Å². The van der Waals surface area contributed by atoms with E-state index in [-0.39, 0.29) is 0 Å². The van der Waals surface area contributed by atoms with Gasteiger partial charge in [-0.05, 0) is 24.5 Å². The third-order valence-corrected chi connectivity index (χ3v) is 1.93. The molecule has 0 spiro atoms. The van der Waals surface area contributed by atoms with Crippen molar-refractivity contribution in [2.45, 2.75) is 27.3 Å². The first-order valence-corrected chi connectivity index (χ1v) is 4.41. The third kappa shape index (κ3) is 2.11. The number of aromatic carboxylic acids is 1. The largest absolute Gasteiger partial charge is 0.477 e. The summed E-state index contributed by atoms with van der Waals surface area (Å²) in [7, 11) is 0. The summed E-state index contributed by atoms with van der Waals surface area (Å²) in [6, 6.07) is 1.84. The molecule has 1 aromatic heterocycles. The van der Waals surface area contributed by atoms with Gasteiger partial charge in [-0.15, -0.1) is 0 Å². The standard InChI is InChI=1S/C10H15NO2/c1-7(2)6-11-5-4-8(3)9(11)10(12)13/h4-5,7H,6H2,1-3H3,(H,12,13). The minimum atomic E-state index is -0.844. The quantitative estimate of drug-likeness (QED) is 0.776. The number of nitrogens with zero attached hydrogens (tertiary/aromatic N) is 1. The second-order valence-corrected chi connectivity index (χ2v) is 3.70. The molecule has 0 radical (unpaired) electrons. The van der Waals surface area contributed by atoms with Crippen LogP contribution in [-0.2, 0) is 6.54 Å². The molecule has 3 heteroatoms. The molecule has 13 heavy (non-hydrogen) atoms. The molecule has 0 aliphatic carbocycles. The van der Waals surface area contributed by atoms with Gasteiger partial charge in [0.05, 0.1) is 0 Å². The zero-order valence-corrected chi connectivity index (χ0v) is 8.24. The van der Waals surface area contributed by atoms with E-state index < -0.39 is 5.97 Å². The molecule has 0 saturated carbocycles. The van der Waals surface area contributed by atoms with Gasteiger partial charge >= 0.3 is 5.97 Å².